The van der Waals surface area contributed by atoms with E-state index < -0.39 is 90.1 Å². The Labute approximate surface area is 674 Å². The number of amides is 8. The summed E-state index contributed by atoms with van der Waals surface area (Å²) in [5.41, 5.74) is 9.05. The van der Waals surface area contributed by atoms with E-state index in [4.69, 9.17) is 62.1 Å². The lowest BCUT2D eigenvalue weighted by molar-refractivity contribution is -0.205. The third-order valence-electron chi connectivity index (χ3n) is 21.1. The average Bonchev–Trinajstić information content (AvgIpc) is 1.58. The second kappa shape index (κ2) is 46.0. The number of fused-ring (bicyclic) bond motifs is 8. The quantitative estimate of drug-likeness (QED) is 0.0290. The van der Waals surface area contributed by atoms with E-state index in [1.807, 2.05) is 52.8 Å². The number of morpholine rings is 1. The first-order chi connectivity index (χ1) is 55.4. The maximum Gasteiger partial charge on any atom is 0.264 e. The van der Waals surface area contributed by atoms with Gasteiger partial charge < -0.3 is 103 Å². The van der Waals surface area contributed by atoms with Crippen molar-refractivity contribution in [1.29, 1.82) is 0 Å². The fourth-order valence-corrected chi connectivity index (χ4v) is 15.3. The number of carbonyl (C=O) groups excluding carboxylic acids is 8. The molecule has 34 nitrogen and oxygen atoms in total. The van der Waals surface area contributed by atoms with Crippen molar-refractivity contribution in [1.82, 2.24) is 55.5 Å². The molecule has 8 amide bonds. The molecule has 0 saturated carbocycles. The van der Waals surface area contributed by atoms with Crippen LogP contribution in [0.1, 0.15) is 152 Å². The number of hydrogen-bond acceptors (Lipinski definition) is 27. The highest BCUT2D eigenvalue weighted by Gasteiger charge is 2.45. The van der Waals surface area contributed by atoms with Crippen molar-refractivity contribution in [3.05, 3.63) is 80.9 Å². The first-order valence-corrected chi connectivity index (χ1v) is 40.9. The molecule has 0 aliphatic carbocycles. The molecular formula is C80H117N11O23S. The standard InChI is InChI=1S/C80H117N11O23S/c1-10-55-48(2)57-46-62-68(54(8)113-24-11-43-115-80-75(99)74(98)73(97)63(47-92)114-80)50(4)59(85-62)44-58-49(3)56(71(86-58)70-72-69(51(5)60(87-72)45-61(55)84-57)78(102)91(79(70)103)20-19-89-21-26-105-27-22-89)12-13-65(94)88(9)18-17-81-76(100)52(6)83-77(101)53(7)82-64(93)16-25-104-29-31-107-33-35-109-37-39-111-41-42-112-40-38-110-36-34-108-32-30-106-28-23-90-66(95)14-15-67(90)96/h14-15,44-46,49,52-54,56,63,73-75,80,85,87,92,97-99H,10-13,16-43,47H2,1-9H3,(H,81,100)(H,82,93)(H,83,101)/t49-,52-,53-,54?,56-,63+,73+,74-,75+,80-/m0/s1. The molecule has 0 spiro atoms. The molecule has 10 atom stereocenters. The van der Waals surface area contributed by atoms with Crippen molar-refractivity contribution < 1.29 is 111 Å². The molecule has 6 aliphatic rings. The number of nitrogens with one attached hydrogen (secondary N) is 5. The number of allylic oxidation sites excluding steroid dienone is 2. The number of aromatic nitrogens is 4. The van der Waals surface area contributed by atoms with Crippen LogP contribution < -0.4 is 16.0 Å². The van der Waals surface area contributed by atoms with Gasteiger partial charge >= 0.3 is 0 Å². The second-order valence-corrected chi connectivity index (χ2v) is 30.2. The molecule has 9 heterocycles. The maximum absolute atomic E-state index is 15.5. The Hall–Kier alpha value is -7.53. The van der Waals surface area contributed by atoms with E-state index in [2.05, 4.69) is 37.7 Å². The SMILES string of the molecule is CCC1=C(C)c2cc3[nH]c(cc4nc(c5c6[nH]c(cc1n2)c(C)c6C(=O)N(CCN1CCOCC1)C5=O)[C@@H](CCC(=O)N(C)CCNC(=O)[C@H](C)NC(=O)[C@H](C)NC(=O)CCOCCOCCOCCOCCOCCOCCOCCOCCN1C(=O)C=CC1=O)[C@@H]4C)c(C)c3C(C)OCCCS[C@@H]1O[C@H](CO)[C@@H](O)[C@H](O)[C@H]1O. The number of nitrogens with zero attached hydrogens (tertiary/aromatic N) is 6. The number of carbonyl (C=O) groups is 8. The van der Waals surface area contributed by atoms with Crippen molar-refractivity contribution in [2.45, 2.75) is 147 Å². The Morgan fingerprint density at radius 2 is 1.23 bits per heavy atom. The molecule has 35 heteroatoms. The molecule has 8 bridgehead atoms. The number of aliphatic hydroxyl groups is 4. The summed E-state index contributed by atoms with van der Waals surface area (Å²) in [6, 6.07) is 3.98. The van der Waals surface area contributed by atoms with Crippen LogP contribution in [0.3, 0.4) is 0 Å². The minimum absolute atomic E-state index is 0.0176. The lowest BCUT2D eigenvalue weighted by Crippen LogP contribution is -2.57. The summed E-state index contributed by atoms with van der Waals surface area (Å²) in [7, 11) is 1.64. The van der Waals surface area contributed by atoms with E-state index in [1.54, 1.807) is 7.05 Å². The molecular weight excluding hydrogens is 1520 g/mol. The fourth-order valence-electron chi connectivity index (χ4n) is 14.2. The number of thioether (sulfide) groups is 1. The van der Waals surface area contributed by atoms with Gasteiger partial charge in [-0.1, -0.05) is 13.8 Å². The monoisotopic (exact) mass is 1630 g/mol. The zero-order chi connectivity index (χ0) is 82.7. The van der Waals surface area contributed by atoms with Gasteiger partial charge in [0.05, 0.1) is 172 Å². The zero-order valence-corrected chi connectivity index (χ0v) is 68.4. The Kier molecular flexibility index (Phi) is 36.5. The fraction of sp³-hybridized carbons (Fsp3) is 0.650. The second-order valence-electron chi connectivity index (χ2n) is 29.0. The van der Waals surface area contributed by atoms with Gasteiger partial charge in [-0.3, -0.25) is 58.0 Å². The predicted octanol–water partition coefficient (Wildman–Crippen LogP) is 2.90. The van der Waals surface area contributed by atoms with E-state index in [1.165, 1.54) is 47.6 Å². The summed E-state index contributed by atoms with van der Waals surface area (Å²) < 4.78 is 61.9. The van der Waals surface area contributed by atoms with Gasteiger partial charge in [-0.2, -0.15) is 0 Å². The van der Waals surface area contributed by atoms with E-state index in [0.717, 1.165) is 43.9 Å². The minimum atomic E-state index is -1.47. The van der Waals surface area contributed by atoms with Crippen LogP contribution in [0.4, 0.5) is 0 Å². The Bertz CT molecular complexity index is 4020. The van der Waals surface area contributed by atoms with Crippen molar-refractivity contribution in [3.63, 3.8) is 0 Å². The number of aromatic amines is 2. The van der Waals surface area contributed by atoms with Crippen LogP contribution >= 0.6 is 11.8 Å². The van der Waals surface area contributed by atoms with Crippen molar-refractivity contribution >= 4 is 92.2 Å². The van der Waals surface area contributed by atoms with Gasteiger partial charge in [0.2, 0.25) is 23.6 Å². The van der Waals surface area contributed by atoms with Crippen LogP contribution in [0.25, 0.3) is 33.2 Å². The van der Waals surface area contributed by atoms with Gasteiger partial charge in [0, 0.05) is 118 Å². The normalized spacial score (nSPS) is 20.5. The summed E-state index contributed by atoms with van der Waals surface area (Å²) in [5.74, 6) is -3.75. The molecule has 2 saturated heterocycles. The van der Waals surface area contributed by atoms with Gasteiger partial charge in [-0.15, -0.1) is 11.8 Å². The van der Waals surface area contributed by atoms with Gasteiger partial charge in [0.15, 0.2) is 0 Å². The molecule has 1 unspecified atom stereocenters. The van der Waals surface area contributed by atoms with Crippen molar-refractivity contribution in [2.24, 2.45) is 0 Å². The van der Waals surface area contributed by atoms with Crippen molar-refractivity contribution in [3.8, 4) is 0 Å². The summed E-state index contributed by atoms with van der Waals surface area (Å²) in [6.45, 7) is 23.5. The van der Waals surface area contributed by atoms with Crippen LogP contribution in [-0.4, -0.2) is 340 Å². The van der Waals surface area contributed by atoms with E-state index >= 15 is 4.79 Å². The van der Waals surface area contributed by atoms with Gasteiger partial charge in [-0.25, -0.2) is 4.98 Å². The van der Waals surface area contributed by atoms with Crippen LogP contribution in [0.5, 0.6) is 0 Å². The Balaban J connectivity index is 0.723. The first kappa shape index (κ1) is 91.4. The summed E-state index contributed by atoms with van der Waals surface area (Å²) in [5, 5.41) is 49.2. The number of ether oxygens (including phenoxy) is 11. The lowest BCUT2D eigenvalue weighted by atomic mass is 9.84. The maximum atomic E-state index is 15.5. The highest BCUT2D eigenvalue weighted by molar-refractivity contribution is 7.99. The summed E-state index contributed by atoms with van der Waals surface area (Å²) in [6.07, 6.45) is -1.85. The smallest absolute Gasteiger partial charge is 0.264 e. The van der Waals surface area contributed by atoms with Crippen LogP contribution in [0.2, 0.25) is 0 Å². The average molecular weight is 1630 g/mol. The number of likely N-dealkylation sites (N-methyl/N-ethyl adjacent to an activating group) is 1. The molecule has 2 fully saturated rings. The molecule has 0 aromatic carbocycles. The summed E-state index contributed by atoms with van der Waals surface area (Å²) >= 11 is 1.26. The largest absolute Gasteiger partial charge is 0.394 e. The van der Waals surface area contributed by atoms with Gasteiger partial charge in [0.1, 0.15) is 41.9 Å². The highest BCUT2D eigenvalue weighted by atomic mass is 32.2. The molecule has 3 aromatic rings. The molecule has 6 aliphatic heterocycles. The first-order valence-electron chi connectivity index (χ1n) is 39.9. The zero-order valence-electron chi connectivity index (χ0n) is 67.6. The molecule has 9 rings (SSSR count). The van der Waals surface area contributed by atoms with E-state index in [0.29, 0.717) is 177 Å². The van der Waals surface area contributed by atoms with Crippen LogP contribution in [0, 0.1) is 13.8 Å². The Morgan fingerprint density at radius 1 is 0.652 bits per heavy atom. The topological polar surface area (TPSA) is 425 Å². The molecule has 636 valence electrons. The molecule has 3 aromatic heterocycles. The molecule has 0 radical (unpaired) electrons. The van der Waals surface area contributed by atoms with Gasteiger partial charge in [-0.05, 0) is 107 Å². The highest BCUT2D eigenvalue weighted by Crippen LogP contribution is 2.45. The number of aryl methyl sites for hydroxylation is 2. The molecule has 9 N–H and O–H groups in total. The van der Waals surface area contributed by atoms with Crippen molar-refractivity contribution in [2.75, 3.05) is 191 Å². The Morgan fingerprint density at radius 3 is 1.83 bits per heavy atom. The number of rotatable bonds is 49. The van der Waals surface area contributed by atoms with E-state index in [-0.39, 0.29) is 101 Å². The number of aliphatic hydroxyl groups excluding tert-OH is 4. The third kappa shape index (κ3) is 25.3. The number of hydrogen-bond donors (Lipinski definition) is 9. The predicted molar refractivity (Wildman–Crippen MR) is 424 cm³/mol. The minimum Gasteiger partial charge on any atom is -0.394 e. The number of H-pyrrole nitrogens is 2. The molecule has 115 heavy (non-hydrogen) atoms. The third-order valence-corrected chi connectivity index (χ3v) is 22.3. The van der Waals surface area contributed by atoms with E-state index in [9.17, 15) is 54.0 Å². The lowest BCUT2D eigenvalue weighted by Gasteiger charge is -2.39. The van der Waals surface area contributed by atoms with Gasteiger partial charge in [0.25, 0.3) is 23.6 Å². The number of imide groups is 2. The van der Waals surface area contributed by atoms with Crippen LogP contribution in [0.15, 0.2) is 30.4 Å². The summed E-state index contributed by atoms with van der Waals surface area (Å²) in [4.78, 5) is 131. The van der Waals surface area contributed by atoms with Crippen LogP contribution in [-0.2, 0) is 80.9 Å².